The fraction of sp³-hybridized carbons (Fsp3) is 0.647. The molecule has 0 amide bonds. The maximum absolute atomic E-state index is 13.8. The molecule has 0 heterocycles. The Morgan fingerprint density at radius 1 is 1.05 bits per heavy atom. The van der Waals surface area contributed by atoms with Crippen LogP contribution in [0.2, 0.25) is 0 Å². The SMILES string of the molecule is C/C=C/C1CCC(CO/C(C)=C(F)/C(F)=C(\C)OC)CC1. The van der Waals surface area contributed by atoms with Gasteiger partial charge in [-0.25, -0.2) is 0 Å². The summed E-state index contributed by atoms with van der Waals surface area (Å²) in [5.74, 6) is -0.986. The second kappa shape index (κ2) is 8.85. The van der Waals surface area contributed by atoms with Crippen LogP contribution in [-0.4, -0.2) is 13.7 Å². The highest BCUT2D eigenvalue weighted by molar-refractivity contribution is 5.23. The Morgan fingerprint density at radius 3 is 2.14 bits per heavy atom. The zero-order valence-electron chi connectivity index (χ0n) is 13.4. The van der Waals surface area contributed by atoms with Gasteiger partial charge in [0.2, 0.25) is 0 Å². The first kappa shape index (κ1) is 17.7. The number of hydrogen-bond acceptors (Lipinski definition) is 2. The van der Waals surface area contributed by atoms with Gasteiger partial charge in [-0.3, -0.25) is 0 Å². The van der Waals surface area contributed by atoms with E-state index in [2.05, 4.69) is 16.9 Å². The molecule has 0 aromatic heterocycles. The van der Waals surface area contributed by atoms with Crippen molar-refractivity contribution in [2.24, 2.45) is 11.8 Å². The predicted molar refractivity (Wildman–Crippen MR) is 80.8 cm³/mol. The third kappa shape index (κ3) is 5.52. The lowest BCUT2D eigenvalue weighted by Gasteiger charge is -2.26. The monoisotopic (exact) mass is 300 g/mol. The maximum atomic E-state index is 13.8. The van der Waals surface area contributed by atoms with Crippen molar-refractivity contribution < 1.29 is 18.3 Å². The van der Waals surface area contributed by atoms with Gasteiger partial charge in [0.25, 0.3) is 0 Å². The average Bonchev–Trinajstić information content (AvgIpc) is 2.51. The summed E-state index contributed by atoms with van der Waals surface area (Å²) in [5.41, 5.74) is 0. The Labute approximate surface area is 126 Å². The summed E-state index contributed by atoms with van der Waals surface area (Å²) in [6.07, 6.45) is 8.76. The number of allylic oxidation sites excluding steroid dienone is 6. The van der Waals surface area contributed by atoms with E-state index in [9.17, 15) is 8.78 Å². The molecule has 0 radical (unpaired) electrons. The van der Waals surface area contributed by atoms with Crippen LogP contribution in [0.5, 0.6) is 0 Å². The van der Waals surface area contributed by atoms with Gasteiger partial charge in [-0.05, 0) is 58.3 Å². The summed E-state index contributed by atoms with van der Waals surface area (Å²) in [4.78, 5) is 0. The molecule has 0 spiro atoms. The third-order valence-electron chi connectivity index (χ3n) is 4.01. The molecule has 1 fully saturated rings. The summed E-state index contributed by atoms with van der Waals surface area (Å²) in [6, 6.07) is 0. The summed E-state index contributed by atoms with van der Waals surface area (Å²) in [5, 5.41) is 0. The molecule has 4 heteroatoms. The molecular weight excluding hydrogens is 274 g/mol. The van der Waals surface area contributed by atoms with Crippen LogP contribution in [0.1, 0.15) is 46.5 Å². The average molecular weight is 300 g/mol. The molecule has 0 atom stereocenters. The first-order chi connectivity index (χ1) is 9.99. The summed E-state index contributed by atoms with van der Waals surface area (Å²) < 4.78 is 37.4. The predicted octanol–water partition coefficient (Wildman–Crippen LogP) is 5.43. The highest BCUT2D eigenvalue weighted by Crippen LogP contribution is 2.31. The van der Waals surface area contributed by atoms with E-state index >= 15 is 0 Å². The second-order valence-electron chi connectivity index (χ2n) is 5.56. The molecule has 120 valence electrons. The second-order valence-corrected chi connectivity index (χ2v) is 5.56. The molecule has 0 saturated heterocycles. The van der Waals surface area contributed by atoms with Crippen LogP contribution in [0.25, 0.3) is 0 Å². The van der Waals surface area contributed by atoms with Crippen molar-refractivity contribution in [3.63, 3.8) is 0 Å². The molecule has 0 aromatic carbocycles. The van der Waals surface area contributed by atoms with Gasteiger partial charge in [0, 0.05) is 0 Å². The minimum absolute atomic E-state index is 0.0144. The largest absolute Gasteiger partial charge is 0.498 e. The van der Waals surface area contributed by atoms with Crippen molar-refractivity contribution in [2.75, 3.05) is 13.7 Å². The van der Waals surface area contributed by atoms with Gasteiger partial charge in [-0.15, -0.1) is 0 Å². The molecular formula is C17H26F2O2. The van der Waals surface area contributed by atoms with Crippen molar-refractivity contribution in [3.8, 4) is 0 Å². The molecule has 2 nitrogen and oxygen atoms in total. The molecule has 0 N–H and O–H groups in total. The number of hydrogen-bond donors (Lipinski definition) is 0. The van der Waals surface area contributed by atoms with Crippen molar-refractivity contribution in [1.82, 2.24) is 0 Å². The van der Waals surface area contributed by atoms with Crippen LogP contribution >= 0.6 is 0 Å². The number of halogens is 2. The maximum Gasteiger partial charge on any atom is 0.199 e. The van der Waals surface area contributed by atoms with Gasteiger partial charge in [-0.2, -0.15) is 8.78 Å². The first-order valence-corrected chi connectivity index (χ1v) is 7.52. The number of methoxy groups -OCH3 is 1. The van der Waals surface area contributed by atoms with Crippen LogP contribution in [0.15, 0.2) is 35.3 Å². The summed E-state index contributed by atoms with van der Waals surface area (Å²) >= 11 is 0. The van der Waals surface area contributed by atoms with Gasteiger partial charge < -0.3 is 9.47 Å². The van der Waals surface area contributed by atoms with E-state index in [1.807, 2.05) is 6.92 Å². The standard InChI is InChI=1S/C17H26F2O2/c1-5-6-14-7-9-15(10-8-14)11-21-13(3)17(19)16(18)12(2)20-4/h5-6,14-15H,7-11H2,1-4H3/b6-5+,16-12-,17-13-. The zero-order valence-corrected chi connectivity index (χ0v) is 13.4. The van der Waals surface area contributed by atoms with E-state index in [-0.39, 0.29) is 11.5 Å². The topological polar surface area (TPSA) is 18.5 Å². The fourth-order valence-corrected chi connectivity index (χ4v) is 2.52. The lowest BCUT2D eigenvalue weighted by Crippen LogP contribution is -2.17. The van der Waals surface area contributed by atoms with E-state index in [0.717, 1.165) is 25.7 Å². The lowest BCUT2D eigenvalue weighted by molar-refractivity contribution is 0.129. The normalized spacial score (nSPS) is 25.4. The third-order valence-corrected chi connectivity index (χ3v) is 4.01. The molecule has 1 rings (SSSR count). The van der Waals surface area contributed by atoms with E-state index in [0.29, 0.717) is 18.4 Å². The lowest BCUT2D eigenvalue weighted by atomic mass is 9.82. The van der Waals surface area contributed by atoms with Crippen molar-refractivity contribution >= 4 is 0 Å². The first-order valence-electron chi connectivity index (χ1n) is 7.52. The minimum atomic E-state index is -0.994. The van der Waals surface area contributed by atoms with Gasteiger partial charge in [0.1, 0.15) is 11.5 Å². The van der Waals surface area contributed by atoms with E-state index in [1.165, 1.54) is 21.0 Å². The van der Waals surface area contributed by atoms with Crippen LogP contribution in [-0.2, 0) is 9.47 Å². The van der Waals surface area contributed by atoms with Crippen LogP contribution in [0.4, 0.5) is 8.78 Å². The van der Waals surface area contributed by atoms with Crippen molar-refractivity contribution in [1.29, 1.82) is 0 Å². The van der Waals surface area contributed by atoms with Gasteiger partial charge >= 0.3 is 0 Å². The molecule has 21 heavy (non-hydrogen) atoms. The fourth-order valence-electron chi connectivity index (χ4n) is 2.52. The molecule has 0 aromatic rings. The quantitative estimate of drug-likeness (QED) is 0.370. The number of ether oxygens (including phenoxy) is 2. The molecule has 1 aliphatic rings. The Hall–Kier alpha value is -1.32. The van der Waals surface area contributed by atoms with Gasteiger partial charge in [0.15, 0.2) is 11.7 Å². The highest BCUT2D eigenvalue weighted by atomic mass is 19.2. The van der Waals surface area contributed by atoms with E-state index < -0.39 is 11.7 Å². The summed E-state index contributed by atoms with van der Waals surface area (Å²) in [7, 11) is 1.31. The molecule has 0 aliphatic heterocycles. The molecule has 0 unspecified atom stereocenters. The molecule has 0 bridgehead atoms. The smallest absolute Gasteiger partial charge is 0.199 e. The van der Waals surface area contributed by atoms with Crippen LogP contribution in [0, 0.1) is 11.8 Å². The zero-order chi connectivity index (χ0) is 15.8. The van der Waals surface area contributed by atoms with Crippen molar-refractivity contribution in [3.05, 3.63) is 35.3 Å². The summed E-state index contributed by atoms with van der Waals surface area (Å²) in [6.45, 7) is 5.31. The van der Waals surface area contributed by atoms with Gasteiger partial charge in [-0.1, -0.05) is 12.2 Å². The highest BCUT2D eigenvalue weighted by Gasteiger charge is 2.21. The van der Waals surface area contributed by atoms with E-state index in [4.69, 9.17) is 4.74 Å². The number of rotatable bonds is 6. The Kier molecular flexibility index (Phi) is 7.48. The Bertz CT molecular complexity index is 417. The van der Waals surface area contributed by atoms with Gasteiger partial charge in [0.05, 0.1) is 13.7 Å². The molecule has 1 aliphatic carbocycles. The van der Waals surface area contributed by atoms with Crippen LogP contribution in [0.3, 0.4) is 0 Å². The van der Waals surface area contributed by atoms with Crippen LogP contribution < -0.4 is 0 Å². The Morgan fingerprint density at radius 2 is 1.62 bits per heavy atom. The molecule has 1 saturated carbocycles. The Balaban J connectivity index is 2.49. The van der Waals surface area contributed by atoms with Crippen molar-refractivity contribution in [2.45, 2.75) is 46.5 Å². The van der Waals surface area contributed by atoms with E-state index in [1.54, 1.807) is 0 Å². The minimum Gasteiger partial charge on any atom is -0.498 e.